The molecular formula is C20H23ClN6O. The number of aryl methyl sites for hydroxylation is 1. The van der Waals surface area contributed by atoms with Crippen molar-refractivity contribution in [3.05, 3.63) is 53.1 Å². The summed E-state index contributed by atoms with van der Waals surface area (Å²) in [6.07, 6.45) is 3.33. The van der Waals surface area contributed by atoms with E-state index in [-0.39, 0.29) is 18.1 Å². The van der Waals surface area contributed by atoms with Crippen LogP contribution in [0, 0.1) is 6.92 Å². The van der Waals surface area contributed by atoms with E-state index in [4.69, 9.17) is 16.6 Å². The minimum atomic E-state index is -0.213. The van der Waals surface area contributed by atoms with Crippen LogP contribution < -0.4 is 10.6 Å². The van der Waals surface area contributed by atoms with Crippen molar-refractivity contribution in [1.29, 1.82) is 0 Å². The van der Waals surface area contributed by atoms with Gasteiger partial charge in [0.05, 0.1) is 29.0 Å². The monoisotopic (exact) mass is 398 g/mol. The molecule has 0 saturated carbocycles. The minimum absolute atomic E-state index is 0.0661. The van der Waals surface area contributed by atoms with E-state index in [2.05, 4.69) is 32.5 Å². The smallest absolute Gasteiger partial charge is 0.319 e. The molecule has 1 fully saturated rings. The Morgan fingerprint density at radius 2 is 2.18 bits per heavy atom. The summed E-state index contributed by atoms with van der Waals surface area (Å²) in [5, 5.41) is 6.61. The Balaban J connectivity index is 1.43. The summed E-state index contributed by atoms with van der Waals surface area (Å²) in [5.74, 6) is 0.898. The first kappa shape index (κ1) is 18.7. The van der Waals surface area contributed by atoms with E-state index in [0.717, 1.165) is 41.9 Å². The molecule has 3 heterocycles. The van der Waals surface area contributed by atoms with Crippen molar-refractivity contribution in [3.8, 4) is 0 Å². The zero-order valence-electron chi connectivity index (χ0n) is 15.9. The number of anilines is 1. The molecule has 1 aromatic carbocycles. The number of pyridine rings is 1. The van der Waals surface area contributed by atoms with Crippen LogP contribution in [-0.2, 0) is 0 Å². The third-order valence-corrected chi connectivity index (χ3v) is 5.39. The highest BCUT2D eigenvalue weighted by molar-refractivity contribution is 6.31. The van der Waals surface area contributed by atoms with Crippen LogP contribution in [0.4, 0.5) is 10.5 Å². The van der Waals surface area contributed by atoms with Gasteiger partial charge in [-0.1, -0.05) is 11.6 Å². The van der Waals surface area contributed by atoms with Gasteiger partial charge in [0.1, 0.15) is 5.82 Å². The van der Waals surface area contributed by atoms with Gasteiger partial charge in [0, 0.05) is 23.3 Å². The summed E-state index contributed by atoms with van der Waals surface area (Å²) in [5.41, 5.74) is 3.42. The van der Waals surface area contributed by atoms with Gasteiger partial charge in [-0.2, -0.15) is 0 Å². The molecule has 2 amide bonds. The van der Waals surface area contributed by atoms with Gasteiger partial charge in [0.25, 0.3) is 0 Å². The average molecular weight is 399 g/mol. The van der Waals surface area contributed by atoms with Crippen LogP contribution in [0.5, 0.6) is 0 Å². The fourth-order valence-electron chi connectivity index (χ4n) is 3.59. The Bertz CT molecular complexity index is 986. The zero-order valence-corrected chi connectivity index (χ0v) is 16.6. The molecule has 2 unspecified atom stereocenters. The number of fused-ring (bicyclic) bond motifs is 1. The van der Waals surface area contributed by atoms with Crippen LogP contribution in [0.15, 0.2) is 36.5 Å². The Kier molecular flexibility index (Phi) is 5.19. The quantitative estimate of drug-likeness (QED) is 0.625. The summed E-state index contributed by atoms with van der Waals surface area (Å²) in [6.45, 7) is 2.79. The number of benzene rings is 1. The molecule has 1 aliphatic heterocycles. The van der Waals surface area contributed by atoms with Crippen molar-refractivity contribution >= 4 is 34.4 Å². The number of carbonyl (C=O) groups is 1. The maximum absolute atomic E-state index is 12.4. The Labute approximate surface area is 168 Å². The number of hydrogen-bond donors (Lipinski definition) is 3. The first-order valence-electron chi connectivity index (χ1n) is 9.33. The van der Waals surface area contributed by atoms with Crippen molar-refractivity contribution < 1.29 is 4.79 Å². The average Bonchev–Trinajstić information content (AvgIpc) is 3.08. The molecule has 146 valence electrons. The molecule has 0 spiro atoms. The van der Waals surface area contributed by atoms with Gasteiger partial charge >= 0.3 is 6.03 Å². The van der Waals surface area contributed by atoms with Crippen molar-refractivity contribution in [2.75, 3.05) is 18.9 Å². The van der Waals surface area contributed by atoms with Gasteiger partial charge in [0.2, 0.25) is 0 Å². The summed E-state index contributed by atoms with van der Waals surface area (Å²) in [6, 6.07) is 9.31. The van der Waals surface area contributed by atoms with Crippen molar-refractivity contribution in [2.24, 2.45) is 0 Å². The summed E-state index contributed by atoms with van der Waals surface area (Å²) >= 11 is 6.08. The van der Waals surface area contributed by atoms with Gasteiger partial charge in [-0.25, -0.2) is 9.78 Å². The number of nitrogens with zero attached hydrogens (tertiary/aromatic N) is 3. The lowest BCUT2D eigenvalue weighted by Gasteiger charge is -2.36. The molecule has 4 rings (SSSR count). The normalized spacial score (nSPS) is 20.2. The highest BCUT2D eigenvalue weighted by atomic mass is 35.5. The van der Waals surface area contributed by atoms with E-state index < -0.39 is 0 Å². The lowest BCUT2D eigenvalue weighted by atomic mass is 9.97. The number of aromatic amines is 1. The molecule has 28 heavy (non-hydrogen) atoms. The molecule has 0 radical (unpaired) electrons. The maximum Gasteiger partial charge on any atom is 0.319 e. The molecular weight excluding hydrogens is 376 g/mol. The van der Waals surface area contributed by atoms with E-state index in [1.807, 2.05) is 37.3 Å². The number of hydrogen-bond acceptors (Lipinski definition) is 4. The van der Waals surface area contributed by atoms with Crippen molar-refractivity contribution in [3.63, 3.8) is 0 Å². The number of H-pyrrole nitrogens is 1. The van der Waals surface area contributed by atoms with Gasteiger partial charge in [-0.15, -0.1) is 0 Å². The second-order valence-electron chi connectivity index (χ2n) is 7.29. The van der Waals surface area contributed by atoms with E-state index in [1.165, 1.54) is 0 Å². The standard InChI is InChI=1S/C20H23ClN6O/c1-12-3-5-15(11-22-12)24-20(28)23-14-7-8-27(2)18(10-14)19-25-16-6-4-13(21)9-17(16)26-19/h3-6,9,11,14,18H,7-8,10H2,1-2H3,(H,25,26)(H2,23,24,28). The van der Waals surface area contributed by atoms with Gasteiger partial charge in [-0.05, 0) is 57.1 Å². The fraction of sp³-hybridized carbons (Fsp3) is 0.350. The van der Waals surface area contributed by atoms with Crippen LogP contribution in [0.3, 0.4) is 0 Å². The number of likely N-dealkylation sites (tertiary alicyclic amines) is 1. The van der Waals surface area contributed by atoms with Crippen LogP contribution in [0.2, 0.25) is 5.02 Å². The number of nitrogens with one attached hydrogen (secondary N) is 3. The molecule has 0 bridgehead atoms. The molecule has 8 heteroatoms. The van der Waals surface area contributed by atoms with Crippen LogP contribution in [0.25, 0.3) is 11.0 Å². The van der Waals surface area contributed by atoms with Crippen LogP contribution in [-0.4, -0.2) is 45.5 Å². The molecule has 0 aliphatic carbocycles. The van der Waals surface area contributed by atoms with E-state index >= 15 is 0 Å². The lowest BCUT2D eigenvalue weighted by Crippen LogP contribution is -2.46. The molecule has 3 N–H and O–H groups in total. The molecule has 1 aliphatic rings. The number of imidazole rings is 1. The molecule has 3 aromatic rings. The van der Waals surface area contributed by atoms with Crippen molar-refractivity contribution in [1.82, 2.24) is 25.2 Å². The van der Waals surface area contributed by atoms with Gasteiger partial charge in [0.15, 0.2) is 0 Å². The number of rotatable bonds is 3. The fourth-order valence-corrected chi connectivity index (χ4v) is 3.76. The predicted molar refractivity (Wildman–Crippen MR) is 111 cm³/mol. The lowest BCUT2D eigenvalue weighted by molar-refractivity contribution is 0.153. The predicted octanol–water partition coefficient (Wildman–Crippen LogP) is 3.88. The third-order valence-electron chi connectivity index (χ3n) is 5.15. The van der Waals surface area contributed by atoms with Gasteiger partial charge < -0.3 is 15.6 Å². The van der Waals surface area contributed by atoms with E-state index in [0.29, 0.717) is 10.7 Å². The highest BCUT2D eigenvalue weighted by Gasteiger charge is 2.30. The van der Waals surface area contributed by atoms with E-state index in [1.54, 1.807) is 6.20 Å². The molecule has 7 nitrogen and oxygen atoms in total. The molecule has 1 saturated heterocycles. The minimum Gasteiger partial charge on any atom is -0.341 e. The summed E-state index contributed by atoms with van der Waals surface area (Å²) in [7, 11) is 2.08. The third kappa shape index (κ3) is 4.10. The number of piperidine rings is 1. The number of urea groups is 1. The number of halogens is 1. The second-order valence-corrected chi connectivity index (χ2v) is 7.72. The summed E-state index contributed by atoms with van der Waals surface area (Å²) in [4.78, 5) is 26.9. The SMILES string of the molecule is Cc1ccc(NC(=O)NC2CCN(C)C(c3nc4ccc(Cl)cc4[nH]3)C2)cn1. The van der Waals surface area contributed by atoms with Gasteiger partial charge in [-0.3, -0.25) is 9.88 Å². The number of amides is 2. The first-order valence-corrected chi connectivity index (χ1v) is 9.71. The zero-order chi connectivity index (χ0) is 19.7. The summed E-state index contributed by atoms with van der Waals surface area (Å²) < 4.78 is 0. The Morgan fingerprint density at radius 3 is 2.96 bits per heavy atom. The molecule has 2 atom stereocenters. The van der Waals surface area contributed by atoms with Crippen LogP contribution >= 0.6 is 11.6 Å². The second kappa shape index (κ2) is 7.77. The largest absolute Gasteiger partial charge is 0.341 e. The number of carbonyl (C=O) groups excluding carboxylic acids is 1. The Hall–Kier alpha value is -2.64. The van der Waals surface area contributed by atoms with Crippen LogP contribution in [0.1, 0.15) is 30.4 Å². The number of aromatic nitrogens is 3. The topological polar surface area (TPSA) is 85.9 Å². The van der Waals surface area contributed by atoms with Crippen molar-refractivity contribution in [2.45, 2.75) is 31.8 Å². The maximum atomic E-state index is 12.4. The Morgan fingerprint density at radius 1 is 1.32 bits per heavy atom. The first-order chi connectivity index (χ1) is 13.5. The molecule has 2 aromatic heterocycles. The van der Waals surface area contributed by atoms with E-state index in [9.17, 15) is 4.79 Å². The highest BCUT2D eigenvalue weighted by Crippen LogP contribution is 2.30.